The number of carbonyl (C=O) groups is 2. The number of anilines is 1. The number of nitrogens with zero attached hydrogens (tertiary/aromatic N) is 1. The van der Waals surface area contributed by atoms with E-state index in [1.54, 1.807) is 30.3 Å². The topological polar surface area (TPSA) is 81.4 Å². The van der Waals surface area contributed by atoms with E-state index < -0.39 is 29.2 Å². The zero-order valence-electron chi connectivity index (χ0n) is 16.6. The summed E-state index contributed by atoms with van der Waals surface area (Å²) in [4.78, 5) is 29.0. The van der Waals surface area contributed by atoms with Gasteiger partial charge >= 0.3 is 12.1 Å². The maximum atomic E-state index is 13.3. The molecule has 0 fully saturated rings. The van der Waals surface area contributed by atoms with Crippen molar-refractivity contribution in [2.45, 2.75) is 6.18 Å². The fourth-order valence-electron chi connectivity index (χ4n) is 3.23. The highest BCUT2D eigenvalue weighted by atomic mass is 19.4. The summed E-state index contributed by atoms with van der Waals surface area (Å²) in [5.74, 6) is -1.45. The van der Waals surface area contributed by atoms with Gasteiger partial charge < -0.3 is 14.5 Å². The van der Waals surface area contributed by atoms with Crippen LogP contribution in [0.15, 0.2) is 71.1 Å². The fraction of sp³-hybridized carbons (Fsp3) is 0.0870. The average Bonchev–Trinajstić information content (AvgIpc) is 3.22. The van der Waals surface area contributed by atoms with Crippen molar-refractivity contribution in [1.29, 1.82) is 0 Å². The summed E-state index contributed by atoms with van der Waals surface area (Å²) in [5, 5.41) is 2.50. The Hall–Kier alpha value is -4.14. The van der Waals surface area contributed by atoms with Gasteiger partial charge in [0.05, 0.1) is 35.1 Å². The van der Waals surface area contributed by atoms with Crippen LogP contribution in [0.25, 0.3) is 22.6 Å². The minimum absolute atomic E-state index is 0.0800. The van der Waals surface area contributed by atoms with Crippen LogP contribution in [0.5, 0.6) is 0 Å². The molecule has 1 amide bonds. The van der Waals surface area contributed by atoms with Gasteiger partial charge in [-0.3, -0.25) is 4.79 Å². The van der Waals surface area contributed by atoms with Gasteiger partial charge in [-0.05, 0) is 36.4 Å². The molecule has 0 bridgehead atoms. The molecule has 4 aromatic rings. The number of esters is 1. The van der Waals surface area contributed by atoms with Crippen LogP contribution in [0.2, 0.25) is 0 Å². The summed E-state index contributed by atoms with van der Waals surface area (Å²) in [6.07, 6.45) is -4.68. The summed E-state index contributed by atoms with van der Waals surface area (Å²) < 4.78 is 50.4. The van der Waals surface area contributed by atoms with Gasteiger partial charge in [-0.25, -0.2) is 9.78 Å². The Kier molecular flexibility index (Phi) is 5.40. The summed E-state index contributed by atoms with van der Waals surface area (Å²) in [6.45, 7) is 0. The first-order valence-corrected chi connectivity index (χ1v) is 9.34. The van der Waals surface area contributed by atoms with Crippen molar-refractivity contribution in [2.24, 2.45) is 0 Å². The summed E-state index contributed by atoms with van der Waals surface area (Å²) in [6, 6.07) is 15.6. The van der Waals surface area contributed by atoms with Crippen molar-refractivity contribution in [3.8, 4) is 11.5 Å². The molecule has 0 aliphatic rings. The van der Waals surface area contributed by atoms with Crippen LogP contribution in [0.1, 0.15) is 26.3 Å². The Balaban J connectivity index is 1.74. The predicted octanol–water partition coefficient (Wildman–Crippen LogP) is 5.55. The van der Waals surface area contributed by atoms with E-state index in [4.69, 9.17) is 9.15 Å². The number of rotatable bonds is 4. The number of methoxy groups -OCH3 is 1. The largest absolute Gasteiger partial charge is 0.465 e. The normalized spacial score (nSPS) is 11.4. The summed E-state index contributed by atoms with van der Waals surface area (Å²) in [7, 11) is 1.24. The van der Waals surface area contributed by atoms with Crippen molar-refractivity contribution in [3.05, 3.63) is 83.4 Å². The zero-order chi connectivity index (χ0) is 22.9. The summed E-state index contributed by atoms with van der Waals surface area (Å²) >= 11 is 0. The van der Waals surface area contributed by atoms with Crippen LogP contribution in [0.4, 0.5) is 18.9 Å². The van der Waals surface area contributed by atoms with Gasteiger partial charge in [0.2, 0.25) is 5.89 Å². The molecule has 0 unspecified atom stereocenters. The molecule has 1 aromatic heterocycles. The average molecular weight is 440 g/mol. The quantitative estimate of drug-likeness (QED) is 0.421. The first kappa shape index (κ1) is 21.1. The number of fused-ring (bicyclic) bond motifs is 1. The molecule has 3 aromatic carbocycles. The molecule has 4 rings (SSSR count). The molecule has 0 aliphatic heterocycles. The van der Waals surface area contributed by atoms with Crippen molar-refractivity contribution in [3.63, 3.8) is 0 Å². The lowest BCUT2D eigenvalue weighted by Gasteiger charge is -2.13. The third-order valence-electron chi connectivity index (χ3n) is 4.71. The summed E-state index contributed by atoms with van der Waals surface area (Å²) in [5.41, 5.74) is -0.261. The number of hydrogen-bond donors (Lipinski definition) is 1. The van der Waals surface area contributed by atoms with Gasteiger partial charge in [-0.15, -0.1) is 0 Å². The van der Waals surface area contributed by atoms with Crippen LogP contribution in [-0.4, -0.2) is 24.0 Å². The number of oxazole rings is 1. The molecule has 6 nitrogen and oxygen atoms in total. The Bertz CT molecular complexity index is 1330. The maximum Gasteiger partial charge on any atom is 0.417 e. The molecule has 0 saturated carbocycles. The van der Waals surface area contributed by atoms with Gasteiger partial charge in [-0.1, -0.05) is 30.3 Å². The zero-order valence-corrected chi connectivity index (χ0v) is 16.6. The number of para-hydroxylation sites is 2. The molecule has 162 valence electrons. The van der Waals surface area contributed by atoms with Gasteiger partial charge in [-0.2, -0.15) is 13.2 Å². The Morgan fingerprint density at radius 3 is 2.38 bits per heavy atom. The van der Waals surface area contributed by atoms with Crippen LogP contribution in [0, 0.1) is 0 Å². The first-order chi connectivity index (χ1) is 15.3. The number of hydrogen-bond acceptors (Lipinski definition) is 5. The van der Waals surface area contributed by atoms with E-state index in [1.807, 2.05) is 0 Å². The number of carbonyl (C=O) groups excluding carboxylic acids is 2. The number of nitrogens with one attached hydrogen (secondary N) is 1. The molecular weight excluding hydrogens is 425 g/mol. The van der Waals surface area contributed by atoms with Crippen LogP contribution in [0.3, 0.4) is 0 Å². The van der Waals surface area contributed by atoms with E-state index >= 15 is 0 Å². The van der Waals surface area contributed by atoms with E-state index in [0.29, 0.717) is 11.1 Å². The molecule has 1 heterocycles. The standard InChI is InChI=1S/C23H15F3N2O4/c1-31-22(30)15-9-6-12-18-19(15)28-21(32-18)14-8-3-5-11-17(14)27-20(29)13-7-2-4-10-16(13)23(24,25)26/h2-12H,1H3,(H,27,29). The van der Waals surface area contributed by atoms with Crippen molar-refractivity contribution < 1.29 is 31.9 Å². The molecule has 0 spiro atoms. The molecule has 9 heteroatoms. The minimum Gasteiger partial charge on any atom is -0.465 e. The molecule has 0 aliphatic carbocycles. The van der Waals surface area contributed by atoms with Gasteiger partial charge in [0, 0.05) is 0 Å². The molecule has 0 saturated heterocycles. The van der Waals surface area contributed by atoms with E-state index in [2.05, 4.69) is 10.3 Å². The first-order valence-electron chi connectivity index (χ1n) is 9.34. The van der Waals surface area contributed by atoms with Crippen LogP contribution >= 0.6 is 0 Å². The van der Waals surface area contributed by atoms with Gasteiger partial charge in [0.25, 0.3) is 5.91 Å². The lowest BCUT2D eigenvalue weighted by atomic mass is 10.1. The van der Waals surface area contributed by atoms with Crippen molar-refractivity contribution in [2.75, 3.05) is 12.4 Å². The third-order valence-corrected chi connectivity index (χ3v) is 4.71. The Labute approximate surface area is 179 Å². The highest BCUT2D eigenvalue weighted by Crippen LogP contribution is 2.34. The minimum atomic E-state index is -4.68. The number of aromatic nitrogens is 1. The number of benzene rings is 3. The second-order valence-electron chi connectivity index (χ2n) is 6.71. The van der Waals surface area contributed by atoms with E-state index in [0.717, 1.165) is 12.1 Å². The smallest absolute Gasteiger partial charge is 0.417 e. The van der Waals surface area contributed by atoms with Crippen LogP contribution < -0.4 is 5.32 Å². The third kappa shape index (κ3) is 3.92. The monoisotopic (exact) mass is 440 g/mol. The van der Waals surface area contributed by atoms with Crippen LogP contribution in [-0.2, 0) is 10.9 Å². The molecular formula is C23H15F3N2O4. The van der Waals surface area contributed by atoms with E-state index in [9.17, 15) is 22.8 Å². The van der Waals surface area contributed by atoms with Gasteiger partial charge in [0.1, 0.15) is 5.52 Å². The predicted molar refractivity (Wildman–Crippen MR) is 110 cm³/mol. The molecule has 0 atom stereocenters. The van der Waals surface area contributed by atoms with Crippen molar-refractivity contribution in [1.82, 2.24) is 4.98 Å². The second kappa shape index (κ2) is 8.18. The molecule has 1 N–H and O–H groups in total. The highest BCUT2D eigenvalue weighted by Gasteiger charge is 2.35. The number of ether oxygens (including phenoxy) is 1. The lowest BCUT2D eigenvalue weighted by Crippen LogP contribution is -2.19. The molecule has 0 radical (unpaired) electrons. The molecule has 32 heavy (non-hydrogen) atoms. The van der Waals surface area contributed by atoms with E-state index in [1.165, 1.54) is 31.4 Å². The lowest BCUT2D eigenvalue weighted by molar-refractivity contribution is -0.137. The Morgan fingerprint density at radius 2 is 1.62 bits per heavy atom. The van der Waals surface area contributed by atoms with Gasteiger partial charge in [0.15, 0.2) is 5.58 Å². The highest BCUT2D eigenvalue weighted by molar-refractivity contribution is 6.07. The number of amides is 1. The Morgan fingerprint density at radius 1 is 0.938 bits per heavy atom. The van der Waals surface area contributed by atoms with E-state index in [-0.39, 0.29) is 22.7 Å². The SMILES string of the molecule is COC(=O)c1cccc2oc(-c3ccccc3NC(=O)c3ccccc3C(F)(F)F)nc12. The second-order valence-corrected chi connectivity index (χ2v) is 6.71. The number of alkyl halides is 3. The van der Waals surface area contributed by atoms with Crippen molar-refractivity contribution >= 4 is 28.7 Å². The number of halogens is 3. The fourth-order valence-corrected chi connectivity index (χ4v) is 3.23. The maximum absolute atomic E-state index is 13.3.